The van der Waals surface area contributed by atoms with Crippen molar-refractivity contribution in [1.29, 1.82) is 0 Å². The molecule has 0 aromatic heterocycles. The predicted molar refractivity (Wildman–Crippen MR) is 180 cm³/mol. The van der Waals surface area contributed by atoms with Gasteiger partial charge in [0.15, 0.2) is 17.3 Å². The molecule has 2 amide bonds. The second-order valence-corrected chi connectivity index (χ2v) is 12.3. The largest absolute Gasteiger partial charge is 0.486 e. The molecule has 1 aliphatic rings. The Kier molecular flexibility index (Phi) is 10.9. The van der Waals surface area contributed by atoms with Crippen LogP contribution in [0.5, 0.6) is 17.2 Å². The maximum Gasteiger partial charge on any atom is 0.258 e. The highest BCUT2D eigenvalue weighted by Gasteiger charge is 2.35. The highest BCUT2D eigenvalue weighted by atomic mass is 19.1. The lowest BCUT2D eigenvalue weighted by Gasteiger charge is -2.38. The Balaban J connectivity index is 1.36. The second-order valence-electron chi connectivity index (χ2n) is 12.3. The van der Waals surface area contributed by atoms with Gasteiger partial charge in [-0.25, -0.2) is 4.39 Å². The van der Waals surface area contributed by atoms with E-state index in [1.54, 1.807) is 41.3 Å². The van der Waals surface area contributed by atoms with E-state index in [0.29, 0.717) is 42.4 Å². The standard InChI is InChI=1S/C38H42FN3O5/c1-25-21-42(26(2)24-43)38(45)31-13-10-15-33(40-37(44)27(3)29-11-6-5-7-12-29)36(31)47-35(25)23-41(4)22-28-17-19-30(20-18-28)46-34-16-9-8-14-32(34)39/h5-20,25-27,35,43H,21-24H2,1-4H3,(H,40,44)/t25-,26+,27?,35-/m1/s1. The zero-order chi connectivity index (χ0) is 33.5. The molecule has 9 heteroatoms. The number of likely N-dealkylation sites (N-methyl/N-ethyl adjacent to an activating group) is 1. The summed E-state index contributed by atoms with van der Waals surface area (Å²) in [6.45, 7) is 7.02. The third-order valence-electron chi connectivity index (χ3n) is 8.57. The van der Waals surface area contributed by atoms with E-state index in [9.17, 15) is 19.1 Å². The summed E-state index contributed by atoms with van der Waals surface area (Å²) in [6, 6.07) is 28.1. The molecular weight excluding hydrogens is 597 g/mol. The van der Waals surface area contributed by atoms with Crippen molar-refractivity contribution in [2.45, 2.75) is 45.4 Å². The van der Waals surface area contributed by atoms with Crippen molar-refractivity contribution in [3.8, 4) is 17.2 Å². The molecule has 47 heavy (non-hydrogen) atoms. The molecule has 0 aliphatic carbocycles. The first-order valence-electron chi connectivity index (χ1n) is 15.9. The van der Waals surface area contributed by atoms with Gasteiger partial charge in [-0.05, 0) is 68.4 Å². The number of ether oxygens (including phenoxy) is 2. The van der Waals surface area contributed by atoms with Crippen molar-refractivity contribution in [3.05, 3.63) is 120 Å². The van der Waals surface area contributed by atoms with Gasteiger partial charge in [0.1, 0.15) is 11.9 Å². The van der Waals surface area contributed by atoms with Gasteiger partial charge in [0, 0.05) is 25.6 Å². The number of carbonyl (C=O) groups is 2. The molecule has 4 aromatic rings. The number of amides is 2. The first kappa shape index (κ1) is 33.6. The van der Waals surface area contributed by atoms with Gasteiger partial charge in [-0.3, -0.25) is 14.5 Å². The Hall–Kier alpha value is -4.73. The van der Waals surface area contributed by atoms with Gasteiger partial charge in [-0.15, -0.1) is 0 Å². The number of carbonyl (C=O) groups excluding carboxylic acids is 2. The summed E-state index contributed by atoms with van der Waals surface area (Å²) in [7, 11) is 1.99. The van der Waals surface area contributed by atoms with Gasteiger partial charge in [-0.1, -0.05) is 67.6 Å². The number of nitrogens with zero attached hydrogens (tertiary/aromatic N) is 2. The van der Waals surface area contributed by atoms with Gasteiger partial charge in [-0.2, -0.15) is 0 Å². The number of hydrogen-bond acceptors (Lipinski definition) is 6. The van der Waals surface area contributed by atoms with Crippen LogP contribution in [-0.2, 0) is 11.3 Å². The molecule has 0 fully saturated rings. The number of aliphatic hydroxyl groups excluding tert-OH is 1. The number of fused-ring (bicyclic) bond motifs is 1. The van der Waals surface area contributed by atoms with E-state index in [1.165, 1.54) is 6.07 Å². The molecule has 246 valence electrons. The van der Waals surface area contributed by atoms with Crippen molar-refractivity contribution in [1.82, 2.24) is 9.80 Å². The minimum atomic E-state index is -0.424. The lowest BCUT2D eigenvalue weighted by molar-refractivity contribution is -0.117. The number of rotatable bonds is 11. The van der Waals surface area contributed by atoms with Crippen LogP contribution in [0, 0.1) is 11.7 Å². The molecule has 1 aliphatic heterocycles. The Morgan fingerprint density at radius 2 is 1.72 bits per heavy atom. The molecule has 0 radical (unpaired) electrons. The molecule has 0 saturated heterocycles. The van der Waals surface area contributed by atoms with Crippen molar-refractivity contribution in [2.24, 2.45) is 5.92 Å². The first-order valence-corrected chi connectivity index (χ1v) is 15.9. The highest BCUT2D eigenvalue weighted by Crippen LogP contribution is 2.36. The molecule has 2 N–H and O–H groups in total. The van der Waals surface area contributed by atoms with E-state index in [4.69, 9.17) is 9.47 Å². The molecule has 4 aromatic carbocycles. The Bertz CT molecular complexity index is 1670. The van der Waals surface area contributed by atoms with Crippen LogP contribution in [0.15, 0.2) is 97.1 Å². The van der Waals surface area contributed by atoms with E-state index in [-0.39, 0.29) is 36.2 Å². The fourth-order valence-electron chi connectivity index (χ4n) is 5.69. The van der Waals surface area contributed by atoms with Crippen LogP contribution in [0.4, 0.5) is 10.1 Å². The molecule has 1 heterocycles. The highest BCUT2D eigenvalue weighted by molar-refractivity contribution is 6.02. The lowest BCUT2D eigenvalue weighted by Crippen LogP contribution is -2.49. The molecule has 8 nitrogen and oxygen atoms in total. The van der Waals surface area contributed by atoms with Gasteiger partial charge < -0.3 is 24.8 Å². The van der Waals surface area contributed by atoms with Crippen molar-refractivity contribution in [2.75, 3.05) is 32.1 Å². The van der Waals surface area contributed by atoms with Crippen molar-refractivity contribution >= 4 is 17.5 Å². The van der Waals surface area contributed by atoms with E-state index in [0.717, 1.165) is 11.1 Å². The first-order chi connectivity index (χ1) is 22.6. The van der Waals surface area contributed by atoms with Gasteiger partial charge in [0.25, 0.3) is 5.91 Å². The van der Waals surface area contributed by atoms with Crippen LogP contribution in [0.1, 0.15) is 48.2 Å². The third-order valence-corrected chi connectivity index (χ3v) is 8.57. The summed E-state index contributed by atoms with van der Waals surface area (Å²) in [5, 5.41) is 13.0. The minimum absolute atomic E-state index is 0.105. The van der Waals surface area contributed by atoms with Gasteiger partial charge in [0.05, 0.1) is 29.8 Å². The average Bonchev–Trinajstić information content (AvgIpc) is 3.08. The number of anilines is 1. The summed E-state index contributed by atoms with van der Waals surface area (Å²) in [6.07, 6.45) is -0.353. The molecule has 1 unspecified atom stereocenters. The van der Waals surface area contributed by atoms with Crippen LogP contribution in [0.3, 0.4) is 0 Å². The SMILES string of the molecule is CC(C(=O)Nc1cccc2c1O[C@H](CN(C)Cc1ccc(Oc3ccccc3F)cc1)[C@H](C)CN([C@@H](C)CO)C2=O)c1ccccc1. The molecule has 0 bridgehead atoms. The number of benzene rings is 4. The van der Waals surface area contributed by atoms with E-state index in [2.05, 4.69) is 10.2 Å². The molecule has 0 spiro atoms. The maximum absolute atomic E-state index is 14.0. The number of nitrogens with one attached hydrogen (secondary N) is 1. The number of para-hydroxylation sites is 2. The molecule has 4 atom stereocenters. The number of halogens is 1. The summed E-state index contributed by atoms with van der Waals surface area (Å²) in [5.74, 6) is -0.402. The van der Waals surface area contributed by atoms with Gasteiger partial charge in [0.2, 0.25) is 5.91 Å². The normalized spacial score (nSPS) is 17.6. The third kappa shape index (κ3) is 8.17. The Morgan fingerprint density at radius 3 is 2.43 bits per heavy atom. The average molecular weight is 640 g/mol. The molecule has 0 saturated carbocycles. The van der Waals surface area contributed by atoms with Crippen LogP contribution >= 0.6 is 0 Å². The topological polar surface area (TPSA) is 91.3 Å². The number of hydrogen-bond donors (Lipinski definition) is 2. The monoisotopic (exact) mass is 639 g/mol. The summed E-state index contributed by atoms with van der Waals surface area (Å²) >= 11 is 0. The van der Waals surface area contributed by atoms with Crippen LogP contribution < -0.4 is 14.8 Å². The maximum atomic E-state index is 14.0. The van der Waals surface area contributed by atoms with Crippen LogP contribution in [0.25, 0.3) is 0 Å². The minimum Gasteiger partial charge on any atom is -0.486 e. The summed E-state index contributed by atoms with van der Waals surface area (Å²) in [5.41, 5.74) is 2.66. The van der Waals surface area contributed by atoms with Crippen LogP contribution in [0.2, 0.25) is 0 Å². The fraction of sp³-hybridized carbons (Fsp3) is 0.316. The summed E-state index contributed by atoms with van der Waals surface area (Å²) in [4.78, 5) is 31.1. The summed E-state index contributed by atoms with van der Waals surface area (Å²) < 4.78 is 26.4. The number of aliphatic hydroxyl groups is 1. The molecule has 5 rings (SSSR count). The van der Waals surface area contributed by atoms with E-state index < -0.39 is 17.8 Å². The predicted octanol–water partition coefficient (Wildman–Crippen LogP) is 6.71. The fourth-order valence-corrected chi connectivity index (χ4v) is 5.69. The molecular formula is C38H42FN3O5. The van der Waals surface area contributed by atoms with Gasteiger partial charge >= 0.3 is 0 Å². The van der Waals surface area contributed by atoms with E-state index in [1.807, 2.05) is 82.4 Å². The quantitative estimate of drug-likeness (QED) is 0.190. The Morgan fingerprint density at radius 1 is 1.02 bits per heavy atom. The zero-order valence-electron chi connectivity index (χ0n) is 27.2. The smallest absolute Gasteiger partial charge is 0.258 e. The lowest BCUT2D eigenvalue weighted by atomic mass is 9.98. The Labute approximate surface area is 275 Å². The van der Waals surface area contributed by atoms with Crippen LogP contribution in [-0.4, -0.2) is 65.6 Å². The zero-order valence-corrected chi connectivity index (χ0v) is 27.2. The van der Waals surface area contributed by atoms with Crippen molar-refractivity contribution in [3.63, 3.8) is 0 Å². The van der Waals surface area contributed by atoms with E-state index >= 15 is 0 Å². The van der Waals surface area contributed by atoms with Crippen molar-refractivity contribution < 1.29 is 28.6 Å². The second kappa shape index (κ2) is 15.2.